The molecule has 0 saturated heterocycles. The summed E-state index contributed by atoms with van der Waals surface area (Å²) in [6.07, 6.45) is 16.0. The summed E-state index contributed by atoms with van der Waals surface area (Å²) in [7, 11) is -4.39. The molecule has 0 aromatic heterocycles. The Morgan fingerprint density at radius 1 is 0.759 bits per heavy atom. The lowest BCUT2D eigenvalue weighted by Crippen LogP contribution is -2.18. The highest BCUT2D eigenvalue weighted by molar-refractivity contribution is 7.80. The van der Waals surface area contributed by atoms with Crippen molar-refractivity contribution in [2.24, 2.45) is 0 Å². The van der Waals surface area contributed by atoms with E-state index >= 15 is 0 Å². The quantitative estimate of drug-likeness (QED) is 0.127. The third kappa shape index (κ3) is 21.9. The van der Waals surface area contributed by atoms with Crippen molar-refractivity contribution in [3.8, 4) is 0 Å². The predicted octanol–water partition coefficient (Wildman–Crippen LogP) is 6.39. The van der Waals surface area contributed by atoms with Gasteiger partial charge in [0.1, 0.15) is 0 Å². The molecule has 0 spiro atoms. The second-order valence-corrected chi connectivity index (χ2v) is 8.98. The van der Waals surface area contributed by atoms with Crippen LogP contribution in [0.1, 0.15) is 123 Å². The summed E-state index contributed by atoms with van der Waals surface area (Å²) in [6.45, 7) is 4.78. The topological polar surface area (TPSA) is 89.9 Å². The first-order chi connectivity index (χ1) is 13.9. The van der Waals surface area contributed by atoms with Gasteiger partial charge in [0, 0.05) is 6.42 Å². The van der Waals surface area contributed by atoms with E-state index in [9.17, 15) is 13.2 Å². The molecular weight excluding hydrogens is 392 g/mol. The van der Waals surface area contributed by atoms with Gasteiger partial charge in [-0.25, -0.2) is 4.18 Å². The summed E-state index contributed by atoms with van der Waals surface area (Å²) in [5.74, 6) is -0.0988. The fourth-order valence-corrected chi connectivity index (χ4v) is 3.85. The van der Waals surface area contributed by atoms with Crippen LogP contribution >= 0.6 is 0 Å². The minimum absolute atomic E-state index is 0.0988. The molecule has 1 N–H and O–H groups in total. The summed E-state index contributed by atoms with van der Waals surface area (Å²) in [5, 5.41) is 0. The van der Waals surface area contributed by atoms with E-state index in [1.807, 2.05) is 0 Å². The van der Waals surface area contributed by atoms with E-state index in [1.165, 1.54) is 25.7 Å². The number of hydrogen-bond acceptors (Lipinski definition) is 5. The van der Waals surface area contributed by atoms with Crippen molar-refractivity contribution in [2.45, 2.75) is 129 Å². The minimum atomic E-state index is -4.39. The van der Waals surface area contributed by atoms with Crippen LogP contribution in [0.5, 0.6) is 0 Å². The van der Waals surface area contributed by atoms with E-state index in [0.29, 0.717) is 25.9 Å². The van der Waals surface area contributed by atoms with Crippen LogP contribution in [0.3, 0.4) is 0 Å². The van der Waals surface area contributed by atoms with Crippen molar-refractivity contribution < 1.29 is 26.7 Å². The molecule has 29 heavy (non-hydrogen) atoms. The number of unbranched alkanes of at least 4 members (excludes halogenated alkanes) is 11. The summed E-state index contributed by atoms with van der Waals surface area (Å²) >= 11 is 0. The monoisotopic (exact) mass is 436 g/mol. The molecule has 0 heterocycles. The smallest absolute Gasteiger partial charge is 0.397 e. The molecule has 0 amide bonds. The zero-order valence-electron chi connectivity index (χ0n) is 18.7. The van der Waals surface area contributed by atoms with Gasteiger partial charge in [0.2, 0.25) is 0 Å². The van der Waals surface area contributed by atoms with Gasteiger partial charge in [0.05, 0.1) is 12.7 Å². The van der Waals surface area contributed by atoms with Crippen molar-refractivity contribution in [3.05, 3.63) is 0 Å². The average molecular weight is 437 g/mol. The van der Waals surface area contributed by atoms with Crippen LogP contribution in [-0.4, -0.2) is 31.7 Å². The lowest BCUT2D eigenvalue weighted by molar-refractivity contribution is -0.143. The van der Waals surface area contributed by atoms with E-state index in [1.54, 1.807) is 0 Å². The largest absolute Gasteiger partial charge is 0.466 e. The van der Waals surface area contributed by atoms with E-state index in [2.05, 4.69) is 13.8 Å². The fraction of sp³-hybridized carbons (Fsp3) is 0.955. The van der Waals surface area contributed by atoms with Gasteiger partial charge in [-0.15, -0.1) is 0 Å². The maximum absolute atomic E-state index is 11.5. The molecular formula is C22H44O6S. The van der Waals surface area contributed by atoms with Crippen molar-refractivity contribution in [1.29, 1.82) is 0 Å². The molecule has 0 fully saturated rings. The second kappa shape index (κ2) is 19.3. The highest BCUT2D eigenvalue weighted by Gasteiger charge is 2.16. The first-order valence-corrected chi connectivity index (χ1v) is 13.1. The van der Waals surface area contributed by atoms with Gasteiger partial charge in [-0.3, -0.25) is 9.35 Å². The summed E-state index contributed by atoms with van der Waals surface area (Å²) in [6, 6.07) is 0. The first kappa shape index (κ1) is 28.3. The highest BCUT2D eigenvalue weighted by Crippen LogP contribution is 2.18. The number of esters is 1. The second-order valence-electron chi connectivity index (χ2n) is 7.94. The molecule has 0 aromatic carbocycles. The third-order valence-electron chi connectivity index (χ3n) is 5.06. The zero-order chi connectivity index (χ0) is 21.8. The Bertz CT molecular complexity index is 478. The molecule has 1 unspecified atom stereocenters. The van der Waals surface area contributed by atoms with Gasteiger partial charge < -0.3 is 4.74 Å². The van der Waals surface area contributed by atoms with E-state index in [-0.39, 0.29) is 5.97 Å². The molecule has 0 aliphatic heterocycles. The van der Waals surface area contributed by atoms with Crippen LogP contribution in [0.4, 0.5) is 0 Å². The third-order valence-corrected chi connectivity index (χ3v) is 5.57. The molecule has 0 aliphatic rings. The van der Waals surface area contributed by atoms with Crippen LogP contribution in [0.2, 0.25) is 0 Å². The lowest BCUT2D eigenvalue weighted by atomic mass is 10.0. The Morgan fingerprint density at radius 2 is 1.24 bits per heavy atom. The van der Waals surface area contributed by atoms with E-state index in [4.69, 9.17) is 13.5 Å². The minimum Gasteiger partial charge on any atom is -0.466 e. The van der Waals surface area contributed by atoms with E-state index < -0.39 is 16.5 Å². The molecule has 1 atom stereocenters. The summed E-state index contributed by atoms with van der Waals surface area (Å²) in [5.41, 5.74) is 0. The van der Waals surface area contributed by atoms with Crippen LogP contribution < -0.4 is 0 Å². The zero-order valence-corrected chi connectivity index (χ0v) is 19.5. The Labute approximate surface area is 179 Å². The Balaban J connectivity index is 3.77. The van der Waals surface area contributed by atoms with Crippen molar-refractivity contribution in [3.63, 3.8) is 0 Å². The van der Waals surface area contributed by atoms with Crippen LogP contribution in [0, 0.1) is 0 Å². The SMILES string of the molecule is CCCCCCCCC(CCCCCCCCC(=O)OCCCC)OS(=O)(=O)O. The molecule has 0 aromatic rings. The maximum Gasteiger partial charge on any atom is 0.397 e. The number of rotatable bonds is 21. The van der Waals surface area contributed by atoms with Gasteiger partial charge in [-0.2, -0.15) is 8.42 Å². The molecule has 0 bridgehead atoms. The predicted molar refractivity (Wildman–Crippen MR) is 117 cm³/mol. The van der Waals surface area contributed by atoms with Gasteiger partial charge >= 0.3 is 16.4 Å². The van der Waals surface area contributed by atoms with Gasteiger partial charge in [-0.05, 0) is 25.7 Å². The molecule has 0 aliphatic carbocycles. The van der Waals surface area contributed by atoms with Crippen LogP contribution in [-0.2, 0) is 24.1 Å². The van der Waals surface area contributed by atoms with Crippen LogP contribution in [0.25, 0.3) is 0 Å². The average Bonchev–Trinajstić information content (AvgIpc) is 2.65. The molecule has 7 heteroatoms. The normalized spacial score (nSPS) is 12.8. The highest BCUT2D eigenvalue weighted by atomic mass is 32.3. The van der Waals surface area contributed by atoms with Crippen molar-refractivity contribution in [1.82, 2.24) is 0 Å². The Morgan fingerprint density at radius 3 is 1.76 bits per heavy atom. The lowest BCUT2D eigenvalue weighted by Gasteiger charge is -2.15. The number of carbonyl (C=O) groups excluding carboxylic acids is 1. The first-order valence-electron chi connectivity index (χ1n) is 11.7. The van der Waals surface area contributed by atoms with Gasteiger partial charge in [0.15, 0.2) is 0 Å². The standard InChI is InChI=1S/C22H44O6S/c1-3-5-7-8-11-14-17-21(28-29(24,25)26)18-15-12-9-10-13-16-19-22(23)27-20-6-4-2/h21H,3-20H2,1-2H3,(H,24,25,26). The Hall–Kier alpha value is -0.660. The number of carbonyl (C=O) groups is 1. The number of ether oxygens (including phenoxy) is 1. The van der Waals surface area contributed by atoms with Gasteiger partial charge in [0.25, 0.3) is 0 Å². The van der Waals surface area contributed by atoms with Crippen molar-refractivity contribution >= 4 is 16.4 Å². The molecule has 174 valence electrons. The molecule has 6 nitrogen and oxygen atoms in total. The van der Waals surface area contributed by atoms with Crippen LogP contribution in [0.15, 0.2) is 0 Å². The van der Waals surface area contributed by atoms with E-state index in [0.717, 1.165) is 64.2 Å². The molecule has 0 rings (SSSR count). The molecule has 0 radical (unpaired) electrons. The molecule has 0 saturated carbocycles. The van der Waals surface area contributed by atoms with Crippen molar-refractivity contribution in [2.75, 3.05) is 6.61 Å². The number of hydrogen-bond donors (Lipinski definition) is 1. The van der Waals surface area contributed by atoms with Gasteiger partial charge in [-0.1, -0.05) is 90.9 Å². The summed E-state index contributed by atoms with van der Waals surface area (Å²) in [4.78, 5) is 11.5. The Kier molecular flexibility index (Phi) is 18.9. The maximum atomic E-state index is 11.5. The summed E-state index contributed by atoms with van der Waals surface area (Å²) < 4.78 is 41.1. The fourth-order valence-electron chi connectivity index (χ4n) is 3.32.